The molecule has 1 aliphatic heterocycles. The van der Waals surface area contributed by atoms with Gasteiger partial charge in [0.1, 0.15) is 6.07 Å². The molecule has 1 amide bonds. The number of hydrogen-bond donors (Lipinski definition) is 1. The standard InChI is InChI=1S/C22H25N3O4S/c1-29-16-20-8-3-2-7-19(20)15-24-22(26)17-10-12-25(13-11-17)30(27,28)21-9-5-4-6-18(21)14-23/h2-9,17H,10-13,15-16H2,1H3,(H,24,26). The van der Waals surface area contributed by atoms with E-state index < -0.39 is 10.0 Å². The predicted octanol–water partition coefficient (Wildman–Crippen LogP) is 2.42. The van der Waals surface area contributed by atoms with Gasteiger partial charge in [-0.05, 0) is 36.1 Å². The Morgan fingerprint density at radius 1 is 1.13 bits per heavy atom. The molecule has 1 fully saturated rings. The van der Waals surface area contributed by atoms with Crippen LogP contribution in [0.15, 0.2) is 53.4 Å². The van der Waals surface area contributed by atoms with Crippen LogP contribution in [0.2, 0.25) is 0 Å². The molecular formula is C22H25N3O4S. The molecule has 0 aliphatic carbocycles. The van der Waals surface area contributed by atoms with Gasteiger partial charge in [0.2, 0.25) is 15.9 Å². The Hall–Kier alpha value is -2.73. The number of ether oxygens (including phenoxy) is 1. The Labute approximate surface area is 177 Å². The van der Waals surface area contributed by atoms with E-state index in [0.717, 1.165) is 11.1 Å². The number of amides is 1. The number of nitrogens with one attached hydrogen (secondary N) is 1. The molecule has 30 heavy (non-hydrogen) atoms. The van der Waals surface area contributed by atoms with Gasteiger partial charge in [-0.3, -0.25) is 4.79 Å². The first-order valence-corrected chi connectivity index (χ1v) is 11.2. The lowest BCUT2D eigenvalue weighted by atomic mass is 9.97. The molecule has 0 bridgehead atoms. The van der Waals surface area contributed by atoms with Crippen molar-refractivity contribution < 1.29 is 17.9 Å². The zero-order valence-electron chi connectivity index (χ0n) is 16.9. The van der Waals surface area contributed by atoms with Gasteiger partial charge in [-0.15, -0.1) is 0 Å². The summed E-state index contributed by atoms with van der Waals surface area (Å²) in [5.41, 5.74) is 2.16. The molecule has 0 spiro atoms. The predicted molar refractivity (Wildman–Crippen MR) is 112 cm³/mol. The Morgan fingerprint density at radius 3 is 2.43 bits per heavy atom. The number of nitrogens with zero attached hydrogens (tertiary/aromatic N) is 2. The lowest BCUT2D eigenvalue weighted by Gasteiger charge is -2.30. The van der Waals surface area contributed by atoms with Crippen LogP contribution in [0, 0.1) is 17.2 Å². The maximum atomic E-state index is 12.9. The highest BCUT2D eigenvalue weighted by atomic mass is 32.2. The van der Waals surface area contributed by atoms with Crippen molar-refractivity contribution in [1.82, 2.24) is 9.62 Å². The third kappa shape index (κ3) is 4.87. The molecule has 2 aromatic rings. The molecule has 8 heteroatoms. The molecule has 7 nitrogen and oxygen atoms in total. The summed E-state index contributed by atoms with van der Waals surface area (Å²) in [5, 5.41) is 12.2. The number of rotatable bonds is 7. The topological polar surface area (TPSA) is 99.5 Å². The van der Waals surface area contributed by atoms with Crippen LogP contribution in [0.3, 0.4) is 0 Å². The largest absolute Gasteiger partial charge is 0.380 e. The normalized spacial score (nSPS) is 15.5. The summed E-state index contributed by atoms with van der Waals surface area (Å²) < 4.78 is 32.4. The fourth-order valence-electron chi connectivity index (χ4n) is 3.63. The third-order valence-electron chi connectivity index (χ3n) is 5.32. The zero-order valence-corrected chi connectivity index (χ0v) is 17.7. The van der Waals surface area contributed by atoms with E-state index in [9.17, 15) is 18.5 Å². The molecule has 0 saturated carbocycles. The van der Waals surface area contributed by atoms with E-state index in [2.05, 4.69) is 5.32 Å². The van der Waals surface area contributed by atoms with Crippen molar-refractivity contribution in [2.24, 2.45) is 5.92 Å². The molecule has 0 aromatic heterocycles. The smallest absolute Gasteiger partial charge is 0.244 e. The molecule has 0 radical (unpaired) electrons. The Balaban J connectivity index is 1.59. The highest BCUT2D eigenvalue weighted by molar-refractivity contribution is 7.89. The summed E-state index contributed by atoms with van der Waals surface area (Å²) in [5.74, 6) is -0.311. The van der Waals surface area contributed by atoms with Crippen LogP contribution in [-0.2, 0) is 32.7 Å². The average molecular weight is 428 g/mol. The highest BCUT2D eigenvalue weighted by Gasteiger charge is 2.33. The van der Waals surface area contributed by atoms with Crippen molar-refractivity contribution in [2.75, 3.05) is 20.2 Å². The van der Waals surface area contributed by atoms with Gasteiger partial charge in [0.15, 0.2) is 0 Å². The lowest BCUT2D eigenvalue weighted by Crippen LogP contribution is -2.43. The summed E-state index contributed by atoms with van der Waals surface area (Å²) in [6.07, 6.45) is 0.888. The van der Waals surface area contributed by atoms with Crippen LogP contribution in [0.4, 0.5) is 0 Å². The van der Waals surface area contributed by atoms with Gasteiger partial charge in [-0.2, -0.15) is 9.57 Å². The van der Waals surface area contributed by atoms with Crippen molar-refractivity contribution in [3.8, 4) is 6.07 Å². The number of piperidine rings is 1. The second kappa shape index (κ2) is 9.85. The maximum Gasteiger partial charge on any atom is 0.244 e. The molecular weight excluding hydrogens is 402 g/mol. The number of sulfonamides is 1. The minimum absolute atomic E-state index is 0.0187. The van der Waals surface area contributed by atoms with Crippen LogP contribution in [-0.4, -0.2) is 38.8 Å². The molecule has 1 saturated heterocycles. The molecule has 158 valence electrons. The van der Waals surface area contributed by atoms with E-state index in [1.807, 2.05) is 30.3 Å². The molecule has 1 N–H and O–H groups in total. The summed E-state index contributed by atoms with van der Waals surface area (Å²) in [6.45, 7) is 1.39. The Morgan fingerprint density at radius 2 is 1.77 bits per heavy atom. The van der Waals surface area contributed by atoms with Gasteiger partial charge in [0, 0.05) is 32.7 Å². The van der Waals surface area contributed by atoms with Crippen LogP contribution in [0.5, 0.6) is 0 Å². The second-order valence-corrected chi connectivity index (χ2v) is 9.11. The van der Waals surface area contributed by atoms with Gasteiger partial charge in [-0.1, -0.05) is 36.4 Å². The van der Waals surface area contributed by atoms with Gasteiger partial charge in [0.25, 0.3) is 0 Å². The van der Waals surface area contributed by atoms with Crippen LogP contribution in [0.25, 0.3) is 0 Å². The van der Waals surface area contributed by atoms with E-state index in [0.29, 0.717) is 26.0 Å². The summed E-state index contributed by atoms with van der Waals surface area (Å²) in [4.78, 5) is 12.6. The number of methoxy groups -OCH3 is 1. The number of carbonyl (C=O) groups excluding carboxylic acids is 1. The Bertz CT molecular complexity index is 1040. The van der Waals surface area contributed by atoms with Crippen molar-refractivity contribution in [3.63, 3.8) is 0 Å². The molecule has 3 rings (SSSR count). The molecule has 1 heterocycles. The SMILES string of the molecule is COCc1ccccc1CNC(=O)C1CCN(S(=O)(=O)c2ccccc2C#N)CC1. The summed E-state index contributed by atoms with van der Waals surface area (Å²) in [7, 11) is -2.12. The van der Waals surface area contributed by atoms with E-state index in [1.54, 1.807) is 19.2 Å². The highest BCUT2D eigenvalue weighted by Crippen LogP contribution is 2.26. The van der Waals surface area contributed by atoms with Gasteiger partial charge in [-0.25, -0.2) is 8.42 Å². The second-order valence-electron chi connectivity index (χ2n) is 7.21. The van der Waals surface area contributed by atoms with Crippen molar-refractivity contribution in [2.45, 2.75) is 30.9 Å². The van der Waals surface area contributed by atoms with Crippen LogP contribution >= 0.6 is 0 Å². The fraction of sp³-hybridized carbons (Fsp3) is 0.364. The van der Waals surface area contributed by atoms with E-state index in [-0.39, 0.29) is 35.4 Å². The van der Waals surface area contributed by atoms with Crippen molar-refractivity contribution in [1.29, 1.82) is 5.26 Å². The first-order chi connectivity index (χ1) is 14.5. The number of benzene rings is 2. The first kappa shape index (κ1) is 22.0. The van der Waals surface area contributed by atoms with Crippen LogP contribution < -0.4 is 5.32 Å². The first-order valence-electron chi connectivity index (χ1n) is 9.80. The maximum absolute atomic E-state index is 12.9. The Kier molecular flexibility index (Phi) is 7.21. The van der Waals surface area contributed by atoms with E-state index >= 15 is 0 Å². The fourth-order valence-corrected chi connectivity index (χ4v) is 5.25. The molecule has 2 aromatic carbocycles. The van der Waals surface area contributed by atoms with Crippen LogP contribution in [0.1, 0.15) is 29.5 Å². The lowest BCUT2D eigenvalue weighted by molar-refractivity contribution is -0.126. The minimum atomic E-state index is -3.76. The van der Waals surface area contributed by atoms with Crippen molar-refractivity contribution in [3.05, 3.63) is 65.2 Å². The third-order valence-corrected chi connectivity index (χ3v) is 7.28. The van der Waals surface area contributed by atoms with Crippen molar-refractivity contribution >= 4 is 15.9 Å². The molecule has 0 unspecified atom stereocenters. The van der Waals surface area contributed by atoms with Gasteiger partial charge >= 0.3 is 0 Å². The zero-order chi connectivity index (χ0) is 21.6. The monoisotopic (exact) mass is 427 g/mol. The number of carbonyl (C=O) groups is 1. The van der Waals surface area contributed by atoms with Gasteiger partial charge < -0.3 is 10.1 Å². The molecule has 0 atom stereocenters. The number of nitriles is 1. The number of hydrogen-bond acceptors (Lipinski definition) is 5. The van der Waals surface area contributed by atoms with Gasteiger partial charge in [0.05, 0.1) is 17.1 Å². The average Bonchev–Trinajstić information content (AvgIpc) is 2.78. The summed E-state index contributed by atoms with van der Waals surface area (Å²) >= 11 is 0. The quantitative estimate of drug-likeness (QED) is 0.732. The minimum Gasteiger partial charge on any atom is -0.380 e. The molecule has 1 aliphatic rings. The van der Waals surface area contributed by atoms with E-state index in [4.69, 9.17) is 4.74 Å². The van der Waals surface area contributed by atoms with E-state index in [1.165, 1.54) is 16.4 Å². The summed E-state index contributed by atoms with van der Waals surface area (Å²) in [6, 6.07) is 15.9.